The van der Waals surface area contributed by atoms with E-state index in [1.165, 1.54) is 17.4 Å². The first kappa shape index (κ1) is 38.3. The zero-order chi connectivity index (χ0) is 37.3. The number of rotatable bonds is 16. The van der Waals surface area contributed by atoms with Crippen molar-refractivity contribution < 1.29 is 29.6 Å². The molecule has 4 N–H and O–H groups in total. The molecule has 3 aromatic carbocycles. The first-order chi connectivity index (χ1) is 25.7. The van der Waals surface area contributed by atoms with Crippen LogP contribution in [-0.2, 0) is 31.0 Å². The Morgan fingerprint density at radius 1 is 0.981 bits per heavy atom. The second-order valence-corrected chi connectivity index (χ2v) is 14.1. The van der Waals surface area contributed by atoms with Gasteiger partial charge in [0.15, 0.2) is 0 Å². The molecule has 11 nitrogen and oxygen atoms in total. The summed E-state index contributed by atoms with van der Waals surface area (Å²) in [4.78, 5) is 20.5. The van der Waals surface area contributed by atoms with Crippen molar-refractivity contribution in [1.29, 1.82) is 5.26 Å². The maximum absolute atomic E-state index is 11.5. The summed E-state index contributed by atoms with van der Waals surface area (Å²) in [6.45, 7) is 4.53. The molecule has 0 aliphatic carbocycles. The Morgan fingerprint density at radius 2 is 1.75 bits per heavy atom. The molecule has 53 heavy (non-hydrogen) atoms. The van der Waals surface area contributed by atoms with E-state index in [-0.39, 0.29) is 30.9 Å². The largest absolute Gasteiger partial charge is 0.488 e. The number of carboxylic acid groups (broad SMARTS) is 1. The Labute approximate surface area is 319 Å². The number of ether oxygens (including phenoxy) is 2. The molecule has 1 atom stereocenters. The van der Waals surface area contributed by atoms with E-state index in [0.29, 0.717) is 33.2 Å². The highest BCUT2D eigenvalue weighted by Crippen LogP contribution is 2.41. The normalized spacial score (nSPS) is 15.2. The minimum Gasteiger partial charge on any atom is -0.488 e. The number of carboxylic acids is 1. The van der Waals surface area contributed by atoms with Crippen LogP contribution < -0.4 is 19.7 Å². The summed E-state index contributed by atoms with van der Waals surface area (Å²) in [6.07, 6.45) is 6.61. The van der Waals surface area contributed by atoms with Crippen LogP contribution in [0.5, 0.6) is 11.5 Å². The lowest BCUT2D eigenvalue weighted by atomic mass is 9.96. The van der Waals surface area contributed by atoms with E-state index in [0.717, 1.165) is 75.1 Å². The molecule has 2 aliphatic rings. The summed E-state index contributed by atoms with van der Waals surface area (Å²) in [5, 5.41) is 41.7. The Morgan fingerprint density at radius 3 is 2.53 bits per heavy atom. The maximum Gasteiger partial charge on any atom is 0.323 e. The number of aliphatic hydroxyl groups excluding tert-OH is 2. The van der Waals surface area contributed by atoms with Crippen LogP contribution in [0.3, 0.4) is 0 Å². The Balaban J connectivity index is 1.17. The molecule has 3 heterocycles. The fraction of sp³-hybridized carbons (Fsp3) is 0.375. The number of nitriles is 1. The van der Waals surface area contributed by atoms with Gasteiger partial charge in [-0.3, -0.25) is 15.1 Å². The standard InChI is InChI=1S/C40H43Cl2N5O6/c41-34-17-29(22-45-35(23-48)40(50)51)37(52-24-27-16-26(19-43)20-44-21-27)18-38(34)53-25-28-4-1-6-33(39(28)42)31-5-2-7-36-32(31)10-15-47(36)12-3-11-46-13-8-30(49)9-14-46/h1-2,4-7,16-18,20-21,30,35,45,48-49H,3,8-15,22-25H2,(H,50,51). The molecule has 1 unspecified atom stereocenters. The molecule has 13 heteroatoms. The highest BCUT2D eigenvalue weighted by molar-refractivity contribution is 6.34. The molecular weight excluding hydrogens is 717 g/mol. The molecule has 2 aliphatic heterocycles. The number of nitrogens with one attached hydrogen (secondary N) is 1. The molecule has 0 amide bonds. The number of aliphatic carboxylic acids is 1. The second kappa shape index (κ2) is 18.1. The van der Waals surface area contributed by atoms with Gasteiger partial charge in [0.1, 0.15) is 36.8 Å². The lowest BCUT2D eigenvalue weighted by Crippen LogP contribution is -2.39. The van der Waals surface area contributed by atoms with Crippen molar-refractivity contribution in [2.24, 2.45) is 0 Å². The number of fused-ring (bicyclic) bond motifs is 1. The highest BCUT2D eigenvalue weighted by atomic mass is 35.5. The van der Waals surface area contributed by atoms with Gasteiger partial charge in [0.25, 0.3) is 0 Å². The number of halogens is 2. The monoisotopic (exact) mass is 759 g/mol. The van der Waals surface area contributed by atoms with Crippen LogP contribution in [0.25, 0.3) is 11.1 Å². The first-order valence-electron chi connectivity index (χ1n) is 17.8. The number of aliphatic hydroxyl groups is 2. The van der Waals surface area contributed by atoms with Crippen LogP contribution in [0.4, 0.5) is 5.69 Å². The third-order valence-electron chi connectivity index (χ3n) is 9.79. The molecule has 4 aromatic rings. The van der Waals surface area contributed by atoms with Crippen LogP contribution in [-0.4, -0.2) is 82.6 Å². The van der Waals surface area contributed by atoms with Crippen molar-refractivity contribution in [1.82, 2.24) is 15.2 Å². The number of nitrogens with zero attached hydrogens (tertiary/aromatic N) is 4. The summed E-state index contributed by atoms with van der Waals surface area (Å²) in [5.41, 5.74) is 6.94. The number of aromatic nitrogens is 1. The second-order valence-electron chi connectivity index (χ2n) is 13.4. The predicted molar refractivity (Wildman–Crippen MR) is 204 cm³/mol. The topological polar surface area (TPSA) is 151 Å². The van der Waals surface area contributed by atoms with E-state index >= 15 is 0 Å². The van der Waals surface area contributed by atoms with Gasteiger partial charge in [-0.2, -0.15) is 5.26 Å². The zero-order valence-electron chi connectivity index (χ0n) is 29.3. The lowest BCUT2D eigenvalue weighted by Gasteiger charge is -2.30. The van der Waals surface area contributed by atoms with Crippen molar-refractivity contribution in [2.45, 2.75) is 57.6 Å². The van der Waals surface area contributed by atoms with E-state index in [2.05, 4.69) is 44.4 Å². The quantitative estimate of drug-likeness (QED) is 0.109. The summed E-state index contributed by atoms with van der Waals surface area (Å²) in [5.74, 6) is -0.478. The van der Waals surface area contributed by atoms with Gasteiger partial charge in [0.2, 0.25) is 0 Å². The number of hydrogen-bond donors (Lipinski definition) is 4. The molecule has 1 aromatic heterocycles. The van der Waals surface area contributed by atoms with Crippen molar-refractivity contribution in [2.75, 3.05) is 44.2 Å². The fourth-order valence-electron chi connectivity index (χ4n) is 6.88. The Hall–Kier alpha value is -4.41. The molecule has 0 spiro atoms. The van der Waals surface area contributed by atoms with Crippen LogP contribution in [0.15, 0.2) is 67.0 Å². The average Bonchev–Trinajstić information content (AvgIpc) is 3.58. The van der Waals surface area contributed by atoms with Gasteiger partial charge in [-0.1, -0.05) is 53.5 Å². The number of anilines is 1. The minimum atomic E-state index is -1.19. The third-order valence-corrected chi connectivity index (χ3v) is 10.5. The predicted octanol–water partition coefficient (Wildman–Crippen LogP) is 5.83. The maximum atomic E-state index is 11.5. The number of likely N-dealkylation sites (tertiary alicyclic amines) is 1. The van der Waals surface area contributed by atoms with Crippen molar-refractivity contribution in [3.63, 3.8) is 0 Å². The molecule has 0 saturated carbocycles. The number of hydrogen-bond acceptors (Lipinski definition) is 10. The van der Waals surface area contributed by atoms with Crippen molar-refractivity contribution >= 4 is 34.9 Å². The number of benzene rings is 3. The highest BCUT2D eigenvalue weighted by Gasteiger charge is 2.24. The summed E-state index contributed by atoms with van der Waals surface area (Å²) < 4.78 is 12.4. The summed E-state index contributed by atoms with van der Waals surface area (Å²) in [7, 11) is 0. The number of piperidine rings is 1. The van der Waals surface area contributed by atoms with Gasteiger partial charge in [-0.05, 0) is 61.6 Å². The van der Waals surface area contributed by atoms with Crippen LogP contribution in [0, 0.1) is 11.3 Å². The van der Waals surface area contributed by atoms with E-state index in [1.807, 2.05) is 18.2 Å². The van der Waals surface area contributed by atoms with Gasteiger partial charge < -0.3 is 34.6 Å². The van der Waals surface area contributed by atoms with Crippen molar-refractivity contribution in [3.05, 3.63) is 105 Å². The molecule has 6 rings (SSSR count). The minimum absolute atomic E-state index is 0.0412. The van der Waals surface area contributed by atoms with E-state index in [9.17, 15) is 25.4 Å². The molecular formula is C40H43Cl2N5O6. The smallest absolute Gasteiger partial charge is 0.323 e. The van der Waals surface area contributed by atoms with Crippen LogP contribution in [0.2, 0.25) is 10.0 Å². The molecule has 0 radical (unpaired) electrons. The average molecular weight is 761 g/mol. The van der Waals surface area contributed by atoms with Gasteiger partial charge in [-0.25, -0.2) is 0 Å². The van der Waals surface area contributed by atoms with E-state index < -0.39 is 18.6 Å². The lowest BCUT2D eigenvalue weighted by molar-refractivity contribution is -0.140. The van der Waals surface area contributed by atoms with Gasteiger partial charge in [0.05, 0.1) is 28.3 Å². The third kappa shape index (κ3) is 9.58. The number of pyridine rings is 1. The van der Waals surface area contributed by atoms with Crippen LogP contribution in [0.1, 0.15) is 47.1 Å². The number of carbonyl (C=O) groups is 1. The molecule has 1 saturated heterocycles. The van der Waals surface area contributed by atoms with Crippen molar-refractivity contribution in [3.8, 4) is 28.7 Å². The Bertz CT molecular complexity index is 1950. The summed E-state index contributed by atoms with van der Waals surface area (Å²) >= 11 is 13.8. The molecule has 278 valence electrons. The van der Waals surface area contributed by atoms with Gasteiger partial charge in [0, 0.05) is 79.1 Å². The van der Waals surface area contributed by atoms with E-state index in [1.54, 1.807) is 24.4 Å². The first-order valence-corrected chi connectivity index (χ1v) is 18.5. The zero-order valence-corrected chi connectivity index (χ0v) is 30.8. The fourth-order valence-corrected chi connectivity index (χ4v) is 7.40. The van der Waals surface area contributed by atoms with Gasteiger partial charge >= 0.3 is 5.97 Å². The van der Waals surface area contributed by atoms with Crippen LogP contribution >= 0.6 is 23.2 Å². The molecule has 0 bridgehead atoms. The molecule has 1 fully saturated rings. The SMILES string of the molecule is N#Cc1cncc(COc2cc(OCc3cccc(-c4cccc5c4CCN5CCCN4CCC(O)CC4)c3Cl)c(Cl)cc2CNC(CO)C(=O)O)c1. The van der Waals surface area contributed by atoms with E-state index in [4.69, 9.17) is 32.7 Å². The summed E-state index contributed by atoms with van der Waals surface area (Å²) in [6, 6.07) is 18.1. The van der Waals surface area contributed by atoms with Gasteiger partial charge in [-0.15, -0.1) is 0 Å². The Kier molecular flexibility index (Phi) is 13.1.